The van der Waals surface area contributed by atoms with Gasteiger partial charge in [0.15, 0.2) is 0 Å². The van der Waals surface area contributed by atoms with E-state index in [2.05, 4.69) is 12.2 Å². The molecule has 4 heteroatoms. The Hall–Kier alpha value is -0.662. The number of benzene rings is 1. The van der Waals surface area contributed by atoms with Gasteiger partial charge in [0.2, 0.25) is 0 Å². The average Bonchev–Trinajstić information content (AvgIpc) is 3.16. The summed E-state index contributed by atoms with van der Waals surface area (Å²) in [7, 11) is 0. The molecule has 0 radical (unpaired) electrons. The van der Waals surface area contributed by atoms with E-state index in [1.165, 1.54) is 69.6 Å². The number of hydrogen-bond donors (Lipinski definition) is 1. The number of nitrogens with one attached hydrogen (secondary N) is 1. The first-order valence-electron chi connectivity index (χ1n) is 10.2. The summed E-state index contributed by atoms with van der Waals surface area (Å²) in [6, 6.07) is 4.58. The molecule has 1 aliphatic heterocycles. The van der Waals surface area contributed by atoms with E-state index in [0.29, 0.717) is 11.6 Å². The van der Waals surface area contributed by atoms with Crippen molar-refractivity contribution in [1.82, 2.24) is 5.32 Å². The van der Waals surface area contributed by atoms with Crippen LogP contribution in [0.15, 0.2) is 23.8 Å². The Morgan fingerprint density at radius 3 is 2.69 bits per heavy atom. The van der Waals surface area contributed by atoms with Crippen LogP contribution < -0.4 is 5.32 Å². The van der Waals surface area contributed by atoms with E-state index in [1.807, 2.05) is 6.08 Å². The summed E-state index contributed by atoms with van der Waals surface area (Å²) in [6.45, 7) is 3.28. The maximum atomic E-state index is 13.9. The summed E-state index contributed by atoms with van der Waals surface area (Å²) in [4.78, 5) is 0. The molecule has 1 aromatic rings. The van der Waals surface area contributed by atoms with Gasteiger partial charge in [-0.2, -0.15) is 0 Å². The van der Waals surface area contributed by atoms with Crippen molar-refractivity contribution < 1.29 is 8.78 Å². The molecule has 1 N–H and O–H groups in total. The summed E-state index contributed by atoms with van der Waals surface area (Å²) in [6.07, 6.45) is 13.1. The predicted octanol–water partition coefficient (Wildman–Crippen LogP) is 5.73. The molecule has 0 spiro atoms. The summed E-state index contributed by atoms with van der Waals surface area (Å²) in [5.41, 5.74) is 1.75. The molecule has 2 unspecified atom stereocenters. The topological polar surface area (TPSA) is 12.0 Å². The summed E-state index contributed by atoms with van der Waals surface area (Å²) >= 11 is -0.117. The molecule has 0 bridgehead atoms. The van der Waals surface area contributed by atoms with Gasteiger partial charge in [-0.25, -0.2) is 0 Å². The second-order valence-corrected chi connectivity index (χ2v) is 11.2. The zero-order chi connectivity index (χ0) is 18.4. The molecule has 0 amide bonds. The normalized spacial score (nSPS) is 23.8. The van der Waals surface area contributed by atoms with Gasteiger partial charge in [0, 0.05) is 0 Å². The number of hydrogen-bond acceptors (Lipinski definition) is 1. The van der Waals surface area contributed by atoms with Crippen LogP contribution in [0.4, 0.5) is 8.78 Å². The van der Waals surface area contributed by atoms with Crippen LogP contribution in [0.2, 0.25) is 9.91 Å². The van der Waals surface area contributed by atoms with Crippen molar-refractivity contribution in [3.8, 4) is 0 Å². The standard InChI is InChI=1S/C22H32AsF2N/c1-16(12-18-9-10-19(24)14-21(18)25)15-23-20(22-8-5-11-26-22)13-17-6-3-2-4-7-17/h9-10,12,14,17,20,22-23,26H,2-8,11,13,15H2,1H3/b16-12+/t20-,22?/m0/s1. The molecule has 0 aromatic heterocycles. The molecule has 3 rings (SSSR count). The van der Waals surface area contributed by atoms with Crippen LogP contribution >= 0.6 is 0 Å². The van der Waals surface area contributed by atoms with Crippen molar-refractivity contribution in [2.24, 2.45) is 5.92 Å². The molecule has 26 heavy (non-hydrogen) atoms. The fraction of sp³-hybridized carbons (Fsp3) is 0.636. The molecule has 3 atom stereocenters. The van der Waals surface area contributed by atoms with Gasteiger partial charge in [-0.15, -0.1) is 0 Å². The average molecular weight is 423 g/mol. The van der Waals surface area contributed by atoms with Crippen LogP contribution in [-0.4, -0.2) is 28.3 Å². The van der Waals surface area contributed by atoms with Crippen molar-refractivity contribution in [1.29, 1.82) is 0 Å². The molecule has 1 aliphatic carbocycles. The summed E-state index contributed by atoms with van der Waals surface area (Å²) in [5.74, 6) is -0.0371. The zero-order valence-corrected chi connectivity index (χ0v) is 18.0. The first kappa shape index (κ1) is 20.1. The van der Waals surface area contributed by atoms with Crippen molar-refractivity contribution in [2.75, 3.05) is 6.54 Å². The Bertz CT molecular complexity index is 604. The monoisotopic (exact) mass is 423 g/mol. The molecule has 2 aliphatic rings. The summed E-state index contributed by atoms with van der Waals surface area (Å²) in [5, 5.41) is 4.86. The van der Waals surface area contributed by atoms with Crippen LogP contribution in [0, 0.1) is 17.6 Å². The van der Waals surface area contributed by atoms with Gasteiger partial charge in [0.25, 0.3) is 0 Å². The van der Waals surface area contributed by atoms with Gasteiger partial charge < -0.3 is 0 Å². The Balaban J connectivity index is 1.59. The van der Waals surface area contributed by atoms with Crippen LogP contribution in [0.1, 0.15) is 63.9 Å². The quantitative estimate of drug-likeness (QED) is 0.552. The number of allylic oxidation sites excluding steroid dienone is 1. The van der Waals surface area contributed by atoms with E-state index in [-0.39, 0.29) is 15.8 Å². The van der Waals surface area contributed by atoms with Crippen molar-refractivity contribution in [3.63, 3.8) is 0 Å². The fourth-order valence-corrected chi connectivity index (χ4v) is 8.14. The Labute approximate surface area is 163 Å². The minimum atomic E-state index is -0.509. The third-order valence-electron chi connectivity index (χ3n) is 5.90. The van der Waals surface area contributed by atoms with E-state index >= 15 is 0 Å². The van der Waals surface area contributed by atoms with E-state index in [4.69, 9.17) is 0 Å². The maximum absolute atomic E-state index is 13.9. The second kappa shape index (κ2) is 10.0. The van der Waals surface area contributed by atoms with Gasteiger partial charge in [0.1, 0.15) is 0 Å². The third-order valence-corrected chi connectivity index (χ3v) is 9.94. The van der Waals surface area contributed by atoms with Crippen molar-refractivity contribution >= 4 is 21.8 Å². The Morgan fingerprint density at radius 1 is 1.19 bits per heavy atom. The number of halogens is 2. The SMILES string of the molecule is C/C(=C\c1ccc(F)cc1F)C[AsH][C@@H](CC1CCCCC1)C1CCCN1. The van der Waals surface area contributed by atoms with Crippen molar-refractivity contribution in [3.05, 3.63) is 41.0 Å². The van der Waals surface area contributed by atoms with Gasteiger partial charge in [0.05, 0.1) is 0 Å². The molecule has 1 saturated carbocycles. The third kappa shape index (κ3) is 5.92. The van der Waals surface area contributed by atoms with Crippen LogP contribution in [0.3, 0.4) is 0 Å². The van der Waals surface area contributed by atoms with Gasteiger partial charge >= 0.3 is 164 Å². The molecule has 1 saturated heterocycles. The van der Waals surface area contributed by atoms with E-state index in [9.17, 15) is 8.78 Å². The first-order chi connectivity index (χ1) is 12.6. The van der Waals surface area contributed by atoms with E-state index < -0.39 is 11.6 Å². The van der Waals surface area contributed by atoms with Crippen molar-refractivity contribution in [2.45, 2.75) is 74.2 Å². The van der Waals surface area contributed by atoms with Crippen LogP contribution in [-0.2, 0) is 0 Å². The molecule has 1 nitrogen and oxygen atoms in total. The fourth-order valence-electron chi connectivity index (χ4n) is 4.45. The zero-order valence-electron chi connectivity index (χ0n) is 15.9. The van der Waals surface area contributed by atoms with E-state index in [1.54, 1.807) is 6.07 Å². The molecule has 1 aromatic carbocycles. The molecule has 144 valence electrons. The Kier molecular flexibility index (Phi) is 7.75. The van der Waals surface area contributed by atoms with Gasteiger partial charge in [-0.05, 0) is 0 Å². The molecular weight excluding hydrogens is 391 g/mol. The van der Waals surface area contributed by atoms with E-state index in [0.717, 1.165) is 21.9 Å². The Morgan fingerprint density at radius 2 is 2.00 bits per heavy atom. The minimum absolute atomic E-state index is 0.117. The predicted molar refractivity (Wildman–Crippen MR) is 108 cm³/mol. The number of rotatable bonds is 7. The van der Waals surface area contributed by atoms with Gasteiger partial charge in [-0.1, -0.05) is 0 Å². The molecule has 1 heterocycles. The summed E-state index contributed by atoms with van der Waals surface area (Å²) < 4.78 is 27.8. The van der Waals surface area contributed by atoms with Crippen LogP contribution in [0.25, 0.3) is 6.08 Å². The molecular formula is C22H32AsF2N. The van der Waals surface area contributed by atoms with Gasteiger partial charge in [-0.3, -0.25) is 0 Å². The molecule has 2 fully saturated rings. The first-order valence-corrected chi connectivity index (χ1v) is 12.9. The second-order valence-electron chi connectivity index (χ2n) is 8.09. The van der Waals surface area contributed by atoms with Crippen LogP contribution in [0.5, 0.6) is 0 Å².